The first-order chi connectivity index (χ1) is 9.66. The summed E-state index contributed by atoms with van der Waals surface area (Å²) in [5.74, 6) is 0.894. The van der Waals surface area contributed by atoms with E-state index in [1.54, 1.807) is 6.07 Å². The molecule has 4 heteroatoms. The predicted octanol–water partition coefficient (Wildman–Crippen LogP) is 3.25. The summed E-state index contributed by atoms with van der Waals surface area (Å²) in [5.41, 5.74) is 1.26. The maximum absolute atomic E-state index is 11.0. The molecule has 2 aliphatic rings. The predicted molar refractivity (Wildman–Crippen MR) is 78.3 cm³/mol. The number of aryl methyl sites for hydroxylation is 1. The van der Waals surface area contributed by atoms with Crippen molar-refractivity contribution in [3.8, 4) is 0 Å². The van der Waals surface area contributed by atoms with Crippen molar-refractivity contribution in [3.63, 3.8) is 0 Å². The highest BCUT2D eigenvalue weighted by molar-refractivity contribution is 5.87. The third kappa shape index (κ3) is 2.39. The van der Waals surface area contributed by atoms with Crippen LogP contribution in [-0.4, -0.2) is 28.6 Å². The molecule has 4 nitrogen and oxygen atoms in total. The fourth-order valence-corrected chi connectivity index (χ4v) is 3.87. The number of hydrogen-bond donors (Lipinski definition) is 1. The zero-order valence-corrected chi connectivity index (χ0v) is 12.0. The monoisotopic (exact) mass is 274 g/mol. The standard InChI is InChI=1S/C16H22N2O2/c1-11-9-13(16(19)20)10-17-15(11)18-8-4-6-12-5-2-3-7-14(12)18/h9-10,12,14H,2-8H2,1H3,(H,19,20)/t12-,14-/m1/s1. The molecule has 0 unspecified atom stereocenters. The zero-order chi connectivity index (χ0) is 14.1. The van der Waals surface area contributed by atoms with Crippen LogP contribution in [0.1, 0.15) is 54.4 Å². The molecule has 1 aromatic heterocycles. The van der Waals surface area contributed by atoms with E-state index in [-0.39, 0.29) is 5.56 Å². The fraction of sp³-hybridized carbons (Fsp3) is 0.625. The minimum Gasteiger partial charge on any atom is -0.478 e. The Morgan fingerprint density at radius 3 is 2.80 bits per heavy atom. The van der Waals surface area contributed by atoms with Crippen LogP contribution in [0.3, 0.4) is 0 Å². The first-order valence-corrected chi connectivity index (χ1v) is 7.63. The topological polar surface area (TPSA) is 53.4 Å². The first kappa shape index (κ1) is 13.4. The van der Waals surface area contributed by atoms with E-state index >= 15 is 0 Å². The number of aromatic nitrogens is 1. The van der Waals surface area contributed by atoms with Gasteiger partial charge in [0.05, 0.1) is 5.56 Å². The molecule has 1 aliphatic carbocycles. The summed E-state index contributed by atoms with van der Waals surface area (Å²) in [4.78, 5) is 17.9. The molecule has 2 heterocycles. The SMILES string of the molecule is Cc1cc(C(=O)O)cnc1N1CCC[C@H]2CCCC[C@H]21. The smallest absolute Gasteiger partial charge is 0.337 e. The van der Waals surface area contributed by atoms with E-state index in [9.17, 15) is 4.79 Å². The fourth-order valence-electron chi connectivity index (χ4n) is 3.87. The quantitative estimate of drug-likeness (QED) is 0.899. The second kappa shape index (κ2) is 5.43. The molecule has 1 saturated heterocycles. The van der Waals surface area contributed by atoms with Gasteiger partial charge in [-0.05, 0) is 50.2 Å². The molecule has 3 rings (SSSR count). The van der Waals surface area contributed by atoms with Crippen molar-refractivity contribution in [1.29, 1.82) is 0 Å². The van der Waals surface area contributed by atoms with Gasteiger partial charge < -0.3 is 10.0 Å². The largest absolute Gasteiger partial charge is 0.478 e. The minimum absolute atomic E-state index is 0.281. The summed E-state index contributed by atoms with van der Waals surface area (Å²) in [6.07, 6.45) is 9.33. The van der Waals surface area contributed by atoms with E-state index in [0.29, 0.717) is 6.04 Å². The van der Waals surface area contributed by atoms with Crippen LogP contribution >= 0.6 is 0 Å². The Balaban J connectivity index is 1.89. The van der Waals surface area contributed by atoms with Crippen LogP contribution in [0.2, 0.25) is 0 Å². The molecule has 1 N–H and O–H groups in total. The Kier molecular flexibility index (Phi) is 3.64. The van der Waals surface area contributed by atoms with Crippen LogP contribution in [0.25, 0.3) is 0 Å². The van der Waals surface area contributed by atoms with Gasteiger partial charge in [0.15, 0.2) is 0 Å². The van der Waals surface area contributed by atoms with Gasteiger partial charge in [0, 0.05) is 18.8 Å². The lowest BCUT2D eigenvalue weighted by atomic mass is 9.78. The van der Waals surface area contributed by atoms with E-state index in [1.807, 2.05) is 6.92 Å². The number of nitrogens with zero attached hydrogens (tertiary/aromatic N) is 2. The van der Waals surface area contributed by atoms with E-state index < -0.39 is 5.97 Å². The highest BCUT2D eigenvalue weighted by Gasteiger charge is 2.34. The van der Waals surface area contributed by atoms with Gasteiger partial charge in [-0.1, -0.05) is 12.8 Å². The number of pyridine rings is 1. The Morgan fingerprint density at radius 2 is 2.05 bits per heavy atom. The van der Waals surface area contributed by atoms with Gasteiger partial charge in [0.25, 0.3) is 0 Å². The summed E-state index contributed by atoms with van der Waals surface area (Å²) < 4.78 is 0. The summed E-state index contributed by atoms with van der Waals surface area (Å²) in [6, 6.07) is 2.36. The molecule has 20 heavy (non-hydrogen) atoms. The van der Waals surface area contributed by atoms with Crippen LogP contribution in [0.5, 0.6) is 0 Å². The number of carboxylic acid groups (broad SMARTS) is 1. The highest BCUT2D eigenvalue weighted by Crippen LogP contribution is 2.37. The second-order valence-electron chi connectivity index (χ2n) is 6.12. The first-order valence-electron chi connectivity index (χ1n) is 7.63. The number of hydrogen-bond acceptors (Lipinski definition) is 3. The second-order valence-corrected chi connectivity index (χ2v) is 6.12. The molecule has 1 aromatic rings. The van der Waals surface area contributed by atoms with Crippen LogP contribution in [0.4, 0.5) is 5.82 Å². The maximum Gasteiger partial charge on any atom is 0.337 e. The number of piperidine rings is 1. The number of anilines is 1. The molecule has 0 bridgehead atoms. The Labute approximate surface area is 119 Å². The molecule has 0 radical (unpaired) electrons. The molecule has 2 fully saturated rings. The summed E-state index contributed by atoms with van der Waals surface area (Å²) in [7, 11) is 0. The minimum atomic E-state index is -0.902. The van der Waals surface area contributed by atoms with Crippen molar-refractivity contribution < 1.29 is 9.90 Å². The van der Waals surface area contributed by atoms with Gasteiger partial charge in [-0.2, -0.15) is 0 Å². The Hall–Kier alpha value is -1.58. The summed E-state index contributed by atoms with van der Waals surface area (Å²) >= 11 is 0. The van der Waals surface area contributed by atoms with Gasteiger partial charge in [0.2, 0.25) is 0 Å². The molecule has 108 valence electrons. The molecule has 0 amide bonds. The highest BCUT2D eigenvalue weighted by atomic mass is 16.4. The normalized spacial score (nSPS) is 26.1. The van der Waals surface area contributed by atoms with E-state index in [2.05, 4.69) is 9.88 Å². The van der Waals surface area contributed by atoms with Crippen LogP contribution in [0.15, 0.2) is 12.3 Å². The Bertz CT molecular complexity index is 513. The number of carbonyl (C=O) groups is 1. The van der Waals surface area contributed by atoms with Gasteiger partial charge >= 0.3 is 5.97 Å². The molecule has 2 atom stereocenters. The van der Waals surface area contributed by atoms with Crippen molar-refractivity contribution in [2.75, 3.05) is 11.4 Å². The summed E-state index contributed by atoms with van der Waals surface area (Å²) in [5, 5.41) is 9.04. The number of aromatic carboxylic acids is 1. The Morgan fingerprint density at radius 1 is 1.30 bits per heavy atom. The molecular formula is C16H22N2O2. The van der Waals surface area contributed by atoms with Crippen LogP contribution in [0, 0.1) is 12.8 Å². The number of carboxylic acids is 1. The lowest BCUT2D eigenvalue weighted by Crippen LogP contribution is -2.47. The summed E-state index contributed by atoms with van der Waals surface area (Å²) in [6.45, 7) is 3.03. The lowest BCUT2D eigenvalue weighted by Gasteiger charge is -2.45. The van der Waals surface area contributed by atoms with Gasteiger partial charge in [-0.25, -0.2) is 9.78 Å². The van der Waals surface area contributed by atoms with Gasteiger partial charge in [-0.15, -0.1) is 0 Å². The molecule has 1 saturated carbocycles. The number of fused-ring (bicyclic) bond motifs is 1. The van der Waals surface area contributed by atoms with Crippen LogP contribution in [-0.2, 0) is 0 Å². The van der Waals surface area contributed by atoms with Crippen molar-refractivity contribution in [1.82, 2.24) is 4.98 Å². The third-order valence-electron chi connectivity index (χ3n) is 4.81. The van der Waals surface area contributed by atoms with E-state index in [4.69, 9.17) is 5.11 Å². The van der Waals surface area contributed by atoms with Gasteiger partial charge in [-0.3, -0.25) is 0 Å². The van der Waals surface area contributed by atoms with E-state index in [1.165, 1.54) is 44.7 Å². The van der Waals surface area contributed by atoms with E-state index in [0.717, 1.165) is 23.8 Å². The molecule has 1 aliphatic heterocycles. The lowest BCUT2D eigenvalue weighted by molar-refractivity contribution is 0.0696. The zero-order valence-electron chi connectivity index (χ0n) is 12.0. The maximum atomic E-state index is 11.0. The molecular weight excluding hydrogens is 252 g/mol. The van der Waals surface area contributed by atoms with Crippen LogP contribution < -0.4 is 4.90 Å². The molecule has 0 aromatic carbocycles. The van der Waals surface area contributed by atoms with Crippen molar-refractivity contribution >= 4 is 11.8 Å². The molecule has 0 spiro atoms. The van der Waals surface area contributed by atoms with Crippen molar-refractivity contribution in [3.05, 3.63) is 23.4 Å². The third-order valence-corrected chi connectivity index (χ3v) is 4.81. The average Bonchev–Trinajstić information content (AvgIpc) is 2.46. The van der Waals surface area contributed by atoms with Crippen molar-refractivity contribution in [2.45, 2.75) is 51.5 Å². The average molecular weight is 274 g/mol. The number of rotatable bonds is 2. The van der Waals surface area contributed by atoms with Gasteiger partial charge in [0.1, 0.15) is 5.82 Å². The van der Waals surface area contributed by atoms with Crippen molar-refractivity contribution in [2.24, 2.45) is 5.92 Å².